The minimum absolute atomic E-state index is 0.0128. The van der Waals surface area contributed by atoms with Gasteiger partial charge >= 0.3 is 11.9 Å². The molecule has 0 aliphatic carbocycles. The first kappa shape index (κ1) is 26.3. The second-order valence-electron chi connectivity index (χ2n) is 6.73. The van der Waals surface area contributed by atoms with Gasteiger partial charge in [0.05, 0.1) is 18.1 Å². The van der Waals surface area contributed by atoms with Gasteiger partial charge in [-0.25, -0.2) is 4.39 Å². The van der Waals surface area contributed by atoms with Crippen molar-refractivity contribution in [1.82, 2.24) is 4.90 Å². The van der Waals surface area contributed by atoms with E-state index in [2.05, 4.69) is 0 Å². The number of halogens is 1. The Morgan fingerprint density at radius 2 is 1.79 bits per heavy atom. The standard InChI is InChI=1S/C18H25FN2O6.C2H6/c1-6-27-14-10(11(16(23)24)8-18(3,20)17(25)26)7-12(19)9(2)13(14)15(22)21(4)5;1-2/h7,11H,6,8,20H2,1-5H3,(H,23,24)(H,25,26);1-2H3. The maximum Gasteiger partial charge on any atom is 0.323 e. The van der Waals surface area contributed by atoms with Crippen LogP contribution in [0.4, 0.5) is 4.39 Å². The third-order valence-electron chi connectivity index (χ3n) is 4.20. The third-order valence-corrected chi connectivity index (χ3v) is 4.20. The number of rotatable bonds is 8. The molecule has 2 atom stereocenters. The molecule has 1 aromatic rings. The van der Waals surface area contributed by atoms with Crippen molar-refractivity contribution in [3.05, 3.63) is 28.6 Å². The van der Waals surface area contributed by atoms with Crippen LogP contribution in [0.2, 0.25) is 0 Å². The van der Waals surface area contributed by atoms with Crippen molar-refractivity contribution in [2.45, 2.75) is 52.5 Å². The summed E-state index contributed by atoms with van der Waals surface area (Å²) in [4.78, 5) is 36.9. The summed E-state index contributed by atoms with van der Waals surface area (Å²) in [5.74, 6) is -5.72. The van der Waals surface area contributed by atoms with Gasteiger partial charge < -0.3 is 25.6 Å². The quantitative estimate of drug-likeness (QED) is 0.596. The number of nitrogens with zero attached hydrogens (tertiary/aromatic N) is 1. The number of benzene rings is 1. The van der Waals surface area contributed by atoms with Gasteiger partial charge in [0, 0.05) is 25.2 Å². The molecule has 0 bridgehead atoms. The average Bonchev–Trinajstić information content (AvgIpc) is 2.64. The summed E-state index contributed by atoms with van der Waals surface area (Å²) >= 11 is 0. The van der Waals surface area contributed by atoms with Crippen molar-refractivity contribution >= 4 is 17.8 Å². The number of nitrogens with two attached hydrogens (primary N) is 1. The van der Waals surface area contributed by atoms with Crippen molar-refractivity contribution < 1.29 is 33.7 Å². The summed E-state index contributed by atoms with van der Waals surface area (Å²) in [5, 5.41) is 18.9. The molecule has 0 aromatic heterocycles. The zero-order chi connectivity index (χ0) is 23.1. The van der Waals surface area contributed by atoms with Gasteiger partial charge in [0.2, 0.25) is 0 Å². The maximum atomic E-state index is 14.5. The van der Waals surface area contributed by atoms with E-state index in [1.54, 1.807) is 6.92 Å². The minimum Gasteiger partial charge on any atom is -0.493 e. The molecule has 0 fully saturated rings. The van der Waals surface area contributed by atoms with Crippen LogP contribution in [0.5, 0.6) is 5.75 Å². The van der Waals surface area contributed by atoms with Gasteiger partial charge in [0.25, 0.3) is 5.91 Å². The topological polar surface area (TPSA) is 130 Å². The predicted octanol–water partition coefficient (Wildman–Crippen LogP) is 2.62. The molecule has 2 unspecified atom stereocenters. The molecule has 0 aliphatic heterocycles. The van der Waals surface area contributed by atoms with Crippen molar-refractivity contribution in [3.8, 4) is 5.75 Å². The highest BCUT2D eigenvalue weighted by molar-refractivity contribution is 5.99. The number of hydrogen-bond acceptors (Lipinski definition) is 5. The summed E-state index contributed by atoms with van der Waals surface area (Å²) < 4.78 is 20.0. The lowest BCUT2D eigenvalue weighted by Gasteiger charge is -2.27. The van der Waals surface area contributed by atoms with E-state index < -0.39 is 41.5 Å². The minimum atomic E-state index is -1.88. The fourth-order valence-corrected chi connectivity index (χ4v) is 2.63. The lowest BCUT2D eigenvalue weighted by Crippen LogP contribution is -2.47. The fourth-order valence-electron chi connectivity index (χ4n) is 2.63. The Morgan fingerprint density at radius 1 is 1.28 bits per heavy atom. The van der Waals surface area contributed by atoms with E-state index in [4.69, 9.17) is 10.5 Å². The number of carboxylic acids is 2. The molecule has 9 heteroatoms. The molecule has 0 saturated carbocycles. The molecule has 0 heterocycles. The monoisotopic (exact) mass is 414 g/mol. The molecule has 1 aromatic carbocycles. The summed E-state index contributed by atoms with van der Waals surface area (Å²) in [5.41, 5.74) is 3.61. The van der Waals surface area contributed by atoms with Gasteiger partial charge in [-0.3, -0.25) is 14.4 Å². The van der Waals surface area contributed by atoms with Crippen LogP contribution in [0.1, 0.15) is 61.5 Å². The number of carboxylic acid groups (broad SMARTS) is 2. The highest BCUT2D eigenvalue weighted by atomic mass is 19.1. The Morgan fingerprint density at radius 3 is 2.17 bits per heavy atom. The molecule has 4 N–H and O–H groups in total. The summed E-state index contributed by atoms with van der Waals surface area (Å²) in [6.45, 7) is 8.28. The van der Waals surface area contributed by atoms with Gasteiger partial charge in [0.1, 0.15) is 17.1 Å². The molecule has 0 spiro atoms. The Kier molecular flexibility index (Phi) is 9.76. The van der Waals surface area contributed by atoms with Crippen LogP contribution in [-0.2, 0) is 9.59 Å². The van der Waals surface area contributed by atoms with Crippen LogP contribution in [0.3, 0.4) is 0 Å². The molecule has 1 amide bonds. The summed E-state index contributed by atoms with van der Waals surface area (Å²) in [6, 6.07) is 0.962. The number of amides is 1. The molecule has 29 heavy (non-hydrogen) atoms. The van der Waals surface area contributed by atoms with Crippen LogP contribution in [0.15, 0.2) is 6.07 Å². The van der Waals surface area contributed by atoms with Crippen molar-refractivity contribution in [3.63, 3.8) is 0 Å². The molecule has 0 saturated heterocycles. The first-order valence-electron chi connectivity index (χ1n) is 9.27. The fraction of sp³-hybridized carbons (Fsp3) is 0.550. The molecular weight excluding hydrogens is 383 g/mol. The van der Waals surface area contributed by atoms with Gasteiger partial charge in [-0.2, -0.15) is 0 Å². The SMILES string of the molecule is CC.CCOc1c(C(CC(C)(N)C(=O)O)C(=O)O)cc(F)c(C)c1C(=O)N(C)C. The second kappa shape index (κ2) is 10.8. The Balaban J connectivity index is 0.00000379. The van der Waals surface area contributed by atoms with Gasteiger partial charge in [-0.05, 0) is 33.3 Å². The Hall–Kier alpha value is -2.68. The highest BCUT2D eigenvalue weighted by Crippen LogP contribution is 2.38. The number of carbonyl (C=O) groups excluding carboxylic acids is 1. The van der Waals surface area contributed by atoms with Crippen molar-refractivity contribution in [2.75, 3.05) is 20.7 Å². The molecular formula is C20H31FN2O6. The lowest BCUT2D eigenvalue weighted by molar-refractivity contribution is -0.144. The second-order valence-corrected chi connectivity index (χ2v) is 6.73. The van der Waals surface area contributed by atoms with Gasteiger partial charge in [0.15, 0.2) is 0 Å². The first-order chi connectivity index (χ1) is 13.3. The van der Waals surface area contributed by atoms with Crippen LogP contribution in [0, 0.1) is 12.7 Å². The van der Waals surface area contributed by atoms with Crippen LogP contribution in [-0.4, -0.2) is 59.2 Å². The predicted molar refractivity (Wildman–Crippen MR) is 107 cm³/mol. The normalized spacial score (nSPS) is 13.4. The van der Waals surface area contributed by atoms with E-state index in [0.29, 0.717) is 0 Å². The van der Waals surface area contributed by atoms with Gasteiger partial charge in [-0.15, -0.1) is 0 Å². The number of aliphatic carboxylic acids is 2. The van der Waals surface area contributed by atoms with E-state index in [1.807, 2.05) is 13.8 Å². The largest absolute Gasteiger partial charge is 0.493 e. The van der Waals surface area contributed by atoms with E-state index >= 15 is 0 Å². The first-order valence-corrected chi connectivity index (χ1v) is 9.27. The third kappa shape index (κ3) is 6.15. The number of ether oxygens (including phenoxy) is 1. The summed E-state index contributed by atoms with van der Waals surface area (Å²) in [7, 11) is 2.94. The van der Waals surface area contributed by atoms with Crippen molar-refractivity contribution in [1.29, 1.82) is 0 Å². The maximum absolute atomic E-state index is 14.5. The van der Waals surface area contributed by atoms with E-state index in [1.165, 1.54) is 32.8 Å². The molecule has 0 aliphatic rings. The molecule has 164 valence electrons. The number of hydrogen-bond donors (Lipinski definition) is 3. The zero-order valence-corrected chi connectivity index (χ0v) is 18.0. The lowest BCUT2D eigenvalue weighted by atomic mass is 9.83. The van der Waals surface area contributed by atoms with E-state index in [0.717, 1.165) is 6.07 Å². The summed E-state index contributed by atoms with van der Waals surface area (Å²) in [6.07, 6.45) is -0.518. The van der Waals surface area contributed by atoms with Crippen LogP contribution < -0.4 is 10.5 Å². The molecule has 0 radical (unpaired) electrons. The van der Waals surface area contributed by atoms with E-state index in [-0.39, 0.29) is 29.0 Å². The molecule has 8 nitrogen and oxygen atoms in total. The van der Waals surface area contributed by atoms with Crippen LogP contribution in [0.25, 0.3) is 0 Å². The average molecular weight is 414 g/mol. The zero-order valence-electron chi connectivity index (χ0n) is 18.0. The van der Waals surface area contributed by atoms with Crippen LogP contribution >= 0.6 is 0 Å². The van der Waals surface area contributed by atoms with Gasteiger partial charge in [-0.1, -0.05) is 13.8 Å². The smallest absolute Gasteiger partial charge is 0.323 e. The number of carbonyl (C=O) groups is 3. The Bertz CT molecular complexity index is 762. The van der Waals surface area contributed by atoms with Crippen molar-refractivity contribution in [2.24, 2.45) is 5.73 Å². The Labute approximate surface area is 170 Å². The van der Waals surface area contributed by atoms with E-state index in [9.17, 15) is 29.0 Å². The molecule has 1 rings (SSSR count). The highest BCUT2D eigenvalue weighted by Gasteiger charge is 2.38.